The number of benzene rings is 2. The number of rotatable bonds is 8. The SMILES string of the molecule is CCc1ccccc1NC(=O)C1(C(=O)NCCc2cccc(OC)c2)CC1. The van der Waals surface area contributed by atoms with Crippen LogP contribution in [0.2, 0.25) is 0 Å². The number of carbonyl (C=O) groups excluding carboxylic acids is 2. The van der Waals surface area contributed by atoms with E-state index in [4.69, 9.17) is 4.74 Å². The van der Waals surface area contributed by atoms with Gasteiger partial charge in [0.2, 0.25) is 11.8 Å². The molecule has 27 heavy (non-hydrogen) atoms. The van der Waals surface area contributed by atoms with Crippen molar-refractivity contribution < 1.29 is 14.3 Å². The molecular weight excluding hydrogens is 340 g/mol. The van der Waals surface area contributed by atoms with Gasteiger partial charge in [0.05, 0.1) is 7.11 Å². The zero-order valence-corrected chi connectivity index (χ0v) is 15.9. The van der Waals surface area contributed by atoms with Gasteiger partial charge in [0.15, 0.2) is 0 Å². The zero-order valence-electron chi connectivity index (χ0n) is 15.9. The summed E-state index contributed by atoms with van der Waals surface area (Å²) in [4.78, 5) is 25.4. The average molecular weight is 366 g/mol. The van der Waals surface area contributed by atoms with Crippen molar-refractivity contribution in [2.45, 2.75) is 32.6 Å². The van der Waals surface area contributed by atoms with Crippen molar-refractivity contribution >= 4 is 17.5 Å². The molecule has 0 aromatic heterocycles. The van der Waals surface area contributed by atoms with Gasteiger partial charge < -0.3 is 15.4 Å². The molecule has 1 aliphatic rings. The highest BCUT2D eigenvalue weighted by molar-refractivity contribution is 6.13. The van der Waals surface area contributed by atoms with E-state index in [0.29, 0.717) is 25.8 Å². The van der Waals surface area contributed by atoms with Gasteiger partial charge in [0, 0.05) is 12.2 Å². The van der Waals surface area contributed by atoms with E-state index in [1.807, 2.05) is 55.5 Å². The van der Waals surface area contributed by atoms with Crippen LogP contribution < -0.4 is 15.4 Å². The standard InChI is InChI=1S/C22H26N2O3/c1-3-17-8-4-5-10-19(17)24-21(26)22(12-13-22)20(25)23-14-11-16-7-6-9-18(15-16)27-2/h4-10,15H,3,11-14H2,1-2H3,(H,23,25)(H,24,26). The highest BCUT2D eigenvalue weighted by Crippen LogP contribution is 2.47. The summed E-state index contributed by atoms with van der Waals surface area (Å²) < 4.78 is 5.21. The lowest BCUT2D eigenvalue weighted by Gasteiger charge is -2.17. The van der Waals surface area contributed by atoms with E-state index in [0.717, 1.165) is 29.0 Å². The number of ether oxygens (including phenoxy) is 1. The van der Waals surface area contributed by atoms with Gasteiger partial charge in [-0.1, -0.05) is 37.3 Å². The number of nitrogens with one attached hydrogen (secondary N) is 2. The summed E-state index contributed by atoms with van der Waals surface area (Å²) in [5.41, 5.74) is 2.02. The number of para-hydroxylation sites is 1. The Hall–Kier alpha value is -2.82. The summed E-state index contributed by atoms with van der Waals surface area (Å²) in [6.07, 6.45) is 2.71. The van der Waals surface area contributed by atoms with Gasteiger partial charge >= 0.3 is 0 Å². The first-order valence-electron chi connectivity index (χ1n) is 9.39. The van der Waals surface area contributed by atoms with Crippen molar-refractivity contribution in [1.29, 1.82) is 0 Å². The molecule has 2 aromatic carbocycles. The molecular formula is C22H26N2O3. The minimum Gasteiger partial charge on any atom is -0.497 e. The van der Waals surface area contributed by atoms with Gasteiger partial charge in [-0.15, -0.1) is 0 Å². The molecule has 2 amide bonds. The van der Waals surface area contributed by atoms with Crippen molar-refractivity contribution in [2.24, 2.45) is 5.41 Å². The summed E-state index contributed by atoms with van der Waals surface area (Å²) in [5, 5.41) is 5.88. The summed E-state index contributed by atoms with van der Waals surface area (Å²) in [6, 6.07) is 15.5. The minimum absolute atomic E-state index is 0.183. The fraction of sp³-hybridized carbons (Fsp3) is 0.364. The van der Waals surface area contributed by atoms with Gasteiger partial charge in [-0.3, -0.25) is 9.59 Å². The second-order valence-electron chi connectivity index (χ2n) is 6.90. The number of carbonyl (C=O) groups is 2. The van der Waals surface area contributed by atoms with E-state index in [1.165, 1.54) is 0 Å². The maximum atomic E-state index is 12.7. The van der Waals surface area contributed by atoms with Crippen LogP contribution in [0.4, 0.5) is 5.69 Å². The Labute approximate surface area is 160 Å². The second-order valence-corrected chi connectivity index (χ2v) is 6.90. The van der Waals surface area contributed by atoms with E-state index in [1.54, 1.807) is 7.11 Å². The fourth-order valence-electron chi connectivity index (χ4n) is 3.19. The number of amides is 2. The normalized spacial score (nSPS) is 14.3. The number of aryl methyl sites for hydroxylation is 1. The fourth-order valence-corrected chi connectivity index (χ4v) is 3.19. The lowest BCUT2D eigenvalue weighted by atomic mass is 10.0. The molecule has 0 radical (unpaired) electrons. The topological polar surface area (TPSA) is 67.4 Å². The Balaban J connectivity index is 1.56. The second kappa shape index (κ2) is 8.25. The van der Waals surface area contributed by atoms with Gasteiger partial charge in [-0.25, -0.2) is 0 Å². The van der Waals surface area contributed by atoms with E-state index in [9.17, 15) is 9.59 Å². The van der Waals surface area contributed by atoms with E-state index < -0.39 is 5.41 Å². The Morgan fingerprint density at radius 1 is 1.07 bits per heavy atom. The predicted molar refractivity (Wildman–Crippen MR) is 106 cm³/mol. The Kier molecular flexibility index (Phi) is 5.79. The molecule has 2 aromatic rings. The van der Waals surface area contributed by atoms with Crippen molar-refractivity contribution in [2.75, 3.05) is 19.0 Å². The Bertz CT molecular complexity index is 828. The number of methoxy groups -OCH3 is 1. The van der Waals surface area contributed by atoms with Crippen LogP contribution in [0.25, 0.3) is 0 Å². The van der Waals surface area contributed by atoms with Crippen LogP contribution in [0, 0.1) is 5.41 Å². The van der Waals surface area contributed by atoms with Crippen LogP contribution in [0.15, 0.2) is 48.5 Å². The molecule has 2 N–H and O–H groups in total. The van der Waals surface area contributed by atoms with E-state index >= 15 is 0 Å². The van der Waals surface area contributed by atoms with Crippen molar-refractivity contribution in [3.63, 3.8) is 0 Å². The monoisotopic (exact) mass is 366 g/mol. The van der Waals surface area contributed by atoms with Crippen molar-refractivity contribution in [1.82, 2.24) is 5.32 Å². The first kappa shape index (κ1) is 19.0. The van der Waals surface area contributed by atoms with Gasteiger partial charge in [0.25, 0.3) is 0 Å². The van der Waals surface area contributed by atoms with Gasteiger partial charge in [-0.2, -0.15) is 0 Å². The number of hydrogen-bond donors (Lipinski definition) is 2. The van der Waals surface area contributed by atoms with Gasteiger partial charge in [0.1, 0.15) is 11.2 Å². The lowest BCUT2D eigenvalue weighted by molar-refractivity contribution is -0.134. The molecule has 5 nitrogen and oxygen atoms in total. The molecule has 1 fully saturated rings. The molecule has 0 unspecified atom stereocenters. The van der Waals surface area contributed by atoms with Crippen LogP contribution in [0.3, 0.4) is 0 Å². The van der Waals surface area contributed by atoms with Crippen molar-refractivity contribution in [3.05, 3.63) is 59.7 Å². The number of anilines is 1. The summed E-state index contributed by atoms with van der Waals surface area (Å²) >= 11 is 0. The maximum absolute atomic E-state index is 12.7. The zero-order chi connectivity index (χ0) is 19.3. The molecule has 1 aliphatic carbocycles. The van der Waals surface area contributed by atoms with Crippen LogP contribution in [-0.2, 0) is 22.4 Å². The largest absolute Gasteiger partial charge is 0.497 e. The van der Waals surface area contributed by atoms with Crippen molar-refractivity contribution in [3.8, 4) is 5.75 Å². The number of hydrogen-bond acceptors (Lipinski definition) is 3. The lowest BCUT2D eigenvalue weighted by Crippen LogP contribution is -2.40. The smallest absolute Gasteiger partial charge is 0.240 e. The first-order chi connectivity index (χ1) is 13.1. The summed E-state index contributed by atoms with van der Waals surface area (Å²) in [7, 11) is 1.63. The third-order valence-electron chi connectivity index (χ3n) is 5.10. The molecule has 0 saturated heterocycles. The highest BCUT2D eigenvalue weighted by atomic mass is 16.5. The van der Waals surface area contributed by atoms with Crippen LogP contribution in [0.5, 0.6) is 5.75 Å². The summed E-state index contributed by atoms with van der Waals surface area (Å²) in [5.74, 6) is 0.408. The third-order valence-corrected chi connectivity index (χ3v) is 5.10. The van der Waals surface area contributed by atoms with E-state index in [-0.39, 0.29) is 11.8 Å². The minimum atomic E-state index is -0.921. The molecule has 0 aliphatic heterocycles. The molecule has 0 atom stereocenters. The maximum Gasteiger partial charge on any atom is 0.240 e. The Morgan fingerprint density at radius 3 is 2.56 bits per heavy atom. The van der Waals surface area contributed by atoms with Gasteiger partial charge in [-0.05, 0) is 55.0 Å². The highest BCUT2D eigenvalue weighted by Gasteiger charge is 2.56. The molecule has 0 bridgehead atoms. The van der Waals surface area contributed by atoms with Crippen LogP contribution >= 0.6 is 0 Å². The molecule has 5 heteroatoms. The van der Waals surface area contributed by atoms with Crippen LogP contribution in [-0.4, -0.2) is 25.5 Å². The van der Waals surface area contributed by atoms with E-state index in [2.05, 4.69) is 10.6 Å². The third kappa shape index (κ3) is 4.30. The molecule has 0 heterocycles. The molecule has 0 spiro atoms. The average Bonchev–Trinajstić information content (AvgIpc) is 3.50. The summed E-state index contributed by atoms with van der Waals surface area (Å²) in [6.45, 7) is 2.54. The predicted octanol–water partition coefficient (Wildman–Crippen LogP) is 3.34. The first-order valence-corrected chi connectivity index (χ1v) is 9.39. The van der Waals surface area contributed by atoms with Crippen LogP contribution in [0.1, 0.15) is 30.9 Å². The molecule has 3 rings (SSSR count). The Morgan fingerprint density at radius 2 is 1.85 bits per heavy atom. The molecule has 142 valence electrons. The quantitative estimate of drug-likeness (QED) is 0.704. The molecule has 1 saturated carbocycles.